The van der Waals surface area contributed by atoms with Crippen LogP contribution in [0.4, 0.5) is 4.79 Å². The number of thioether (sulfide) groups is 1. The second-order valence-corrected chi connectivity index (χ2v) is 7.24. The summed E-state index contributed by atoms with van der Waals surface area (Å²) in [6, 6.07) is 11.4. The van der Waals surface area contributed by atoms with Crippen molar-refractivity contribution in [2.45, 2.75) is 13.8 Å². The Hall–Kier alpha value is -2.93. The summed E-state index contributed by atoms with van der Waals surface area (Å²) in [5, 5.41) is 1.86. The van der Waals surface area contributed by atoms with Gasteiger partial charge in [0.05, 0.1) is 12.0 Å². The minimum atomic E-state index is -0.391. The fourth-order valence-electron chi connectivity index (χ4n) is 2.63. The number of hydrogen-bond donors (Lipinski definition) is 1. The van der Waals surface area contributed by atoms with E-state index < -0.39 is 5.91 Å². The number of nitrogens with one attached hydrogen (secondary N) is 1. The van der Waals surface area contributed by atoms with Crippen molar-refractivity contribution in [3.8, 4) is 17.2 Å². The van der Waals surface area contributed by atoms with Gasteiger partial charge in [-0.2, -0.15) is 0 Å². The molecule has 0 radical (unpaired) electrons. The Balaban J connectivity index is 1.61. The highest BCUT2D eigenvalue weighted by Crippen LogP contribution is 2.31. The lowest BCUT2D eigenvalue weighted by molar-refractivity contribution is -0.115. The Bertz CT molecular complexity index is 938. The van der Waals surface area contributed by atoms with Gasteiger partial charge in [0.1, 0.15) is 19.0 Å². The number of ether oxygens (including phenoxy) is 3. The van der Waals surface area contributed by atoms with Gasteiger partial charge in [0, 0.05) is 0 Å². The van der Waals surface area contributed by atoms with Gasteiger partial charge in [-0.05, 0) is 66.6 Å². The van der Waals surface area contributed by atoms with Crippen molar-refractivity contribution < 1.29 is 23.8 Å². The van der Waals surface area contributed by atoms with E-state index in [1.165, 1.54) is 0 Å². The van der Waals surface area contributed by atoms with Crippen molar-refractivity contribution in [3.63, 3.8) is 0 Å². The molecule has 2 aromatic rings. The number of rotatable bonds is 7. The number of hydrogen-bond acceptors (Lipinski definition) is 6. The number of amides is 2. The first-order chi connectivity index (χ1) is 13.5. The Morgan fingerprint density at radius 2 is 1.71 bits per heavy atom. The lowest BCUT2D eigenvalue weighted by atomic mass is 10.1. The molecule has 6 nitrogen and oxygen atoms in total. The fraction of sp³-hybridized carbons (Fsp3) is 0.238. The van der Waals surface area contributed by atoms with Crippen molar-refractivity contribution in [2.24, 2.45) is 0 Å². The monoisotopic (exact) mass is 399 g/mol. The van der Waals surface area contributed by atoms with Gasteiger partial charge in [-0.15, -0.1) is 0 Å². The fourth-order valence-corrected chi connectivity index (χ4v) is 3.31. The summed E-state index contributed by atoms with van der Waals surface area (Å²) in [4.78, 5) is 23.3. The van der Waals surface area contributed by atoms with E-state index in [2.05, 4.69) is 5.32 Å². The van der Waals surface area contributed by atoms with Crippen LogP contribution >= 0.6 is 11.8 Å². The third-order valence-electron chi connectivity index (χ3n) is 4.07. The van der Waals surface area contributed by atoms with Crippen LogP contribution < -0.4 is 19.5 Å². The molecule has 1 N–H and O–H groups in total. The van der Waals surface area contributed by atoms with Gasteiger partial charge >= 0.3 is 0 Å². The topological polar surface area (TPSA) is 73.9 Å². The molecule has 2 amide bonds. The third kappa shape index (κ3) is 4.86. The molecule has 146 valence electrons. The van der Waals surface area contributed by atoms with E-state index in [1.54, 1.807) is 31.4 Å². The minimum Gasteiger partial charge on any atom is -0.493 e. The van der Waals surface area contributed by atoms with Crippen LogP contribution in [-0.2, 0) is 4.79 Å². The summed E-state index contributed by atoms with van der Waals surface area (Å²) in [6.45, 7) is 4.78. The molecule has 0 atom stereocenters. The minimum absolute atomic E-state index is 0.350. The summed E-state index contributed by atoms with van der Waals surface area (Å²) in [7, 11) is 1.55. The number of imide groups is 1. The van der Waals surface area contributed by atoms with Gasteiger partial charge in [0.15, 0.2) is 11.5 Å². The second-order valence-electron chi connectivity index (χ2n) is 6.23. The van der Waals surface area contributed by atoms with E-state index in [4.69, 9.17) is 14.2 Å². The van der Waals surface area contributed by atoms with Gasteiger partial charge in [-0.3, -0.25) is 14.9 Å². The molecule has 1 heterocycles. The largest absolute Gasteiger partial charge is 0.493 e. The quantitative estimate of drug-likeness (QED) is 0.558. The molecule has 0 saturated carbocycles. The zero-order valence-electron chi connectivity index (χ0n) is 15.9. The number of carbonyl (C=O) groups excluding carboxylic acids is 2. The maximum atomic E-state index is 11.7. The Labute approximate surface area is 167 Å². The molecule has 0 unspecified atom stereocenters. The standard InChI is InChI=1S/C21H21NO5S/c1-13-4-5-14(2)17(10-13)27-9-8-26-16-7-6-15(11-18(16)25-3)12-19-20(23)22-21(24)28-19/h4-7,10-12H,8-9H2,1-3H3,(H,22,23,24)/b19-12-. The van der Waals surface area contributed by atoms with E-state index in [-0.39, 0.29) is 5.24 Å². The lowest BCUT2D eigenvalue weighted by Gasteiger charge is -2.13. The van der Waals surface area contributed by atoms with E-state index in [0.717, 1.165) is 34.2 Å². The van der Waals surface area contributed by atoms with E-state index >= 15 is 0 Å². The molecule has 1 aliphatic heterocycles. The summed E-state index contributed by atoms with van der Waals surface area (Å²) in [6.07, 6.45) is 1.64. The van der Waals surface area contributed by atoms with E-state index in [0.29, 0.717) is 29.6 Å². The molecule has 28 heavy (non-hydrogen) atoms. The zero-order chi connectivity index (χ0) is 20.1. The molecule has 7 heteroatoms. The normalized spacial score (nSPS) is 14.9. The summed E-state index contributed by atoms with van der Waals surface area (Å²) in [5.41, 5.74) is 2.96. The second kappa shape index (κ2) is 8.84. The predicted molar refractivity (Wildman–Crippen MR) is 109 cm³/mol. The first-order valence-electron chi connectivity index (χ1n) is 8.72. The highest BCUT2D eigenvalue weighted by Gasteiger charge is 2.25. The SMILES string of the molecule is COc1cc(/C=C2\SC(=O)NC2=O)ccc1OCCOc1cc(C)ccc1C. The Kier molecular flexibility index (Phi) is 6.26. The first kappa shape index (κ1) is 19.8. The molecular weight excluding hydrogens is 378 g/mol. The molecule has 3 rings (SSSR count). The van der Waals surface area contributed by atoms with Crippen molar-refractivity contribution in [3.05, 3.63) is 58.0 Å². The molecular formula is C21H21NO5S. The number of carbonyl (C=O) groups is 2. The predicted octanol–water partition coefficient (Wildman–Crippen LogP) is 4.09. The third-order valence-corrected chi connectivity index (χ3v) is 4.88. The Morgan fingerprint density at radius 1 is 0.964 bits per heavy atom. The molecule has 1 fully saturated rings. The van der Waals surface area contributed by atoms with Crippen LogP contribution in [0.5, 0.6) is 17.2 Å². The van der Waals surface area contributed by atoms with Gasteiger partial charge in [-0.25, -0.2) is 0 Å². The van der Waals surface area contributed by atoms with Gasteiger partial charge in [0.25, 0.3) is 11.1 Å². The van der Waals surface area contributed by atoms with Crippen molar-refractivity contribution in [1.82, 2.24) is 5.32 Å². The zero-order valence-corrected chi connectivity index (χ0v) is 16.7. The average molecular weight is 399 g/mol. The van der Waals surface area contributed by atoms with Crippen molar-refractivity contribution >= 4 is 29.0 Å². The average Bonchev–Trinajstić information content (AvgIpc) is 2.99. The molecule has 1 aliphatic rings. The Morgan fingerprint density at radius 3 is 2.39 bits per heavy atom. The number of aryl methyl sites for hydroxylation is 2. The van der Waals surface area contributed by atoms with Crippen LogP contribution in [0, 0.1) is 13.8 Å². The highest BCUT2D eigenvalue weighted by molar-refractivity contribution is 8.18. The van der Waals surface area contributed by atoms with Crippen LogP contribution in [0.3, 0.4) is 0 Å². The van der Waals surface area contributed by atoms with Crippen molar-refractivity contribution in [1.29, 1.82) is 0 Å². The number of benzene rings is 2. The van der Waals surface area contributed by atoms with Crippen LogP contribution in [0.2, 0.25) is 0 Å². The summed E-state index contributed by atoms with van der Waals surface area (Å²) >= 11 is 0.876. The van der Waals surface area contributed by atoms with Crippen LogP contribution in [0.25, 0.3) is 6.08 Å². The smallest absolute Gasteiger partial charge is 0.290 e. The van der Waals surface area contributed by atoms with Crippen LogP contribution in [-0.4, -0.2) is 31.5 Å². The maximum Gasteiger partial charge on any atom is 0.290 e. The van der Waals surface area contributed by atoms with Gasteiger partial charge in [0.2, 0.25) is 0 Å². The number of methoxy groups -OCH3 is 1. The van der Waals surface area contributed by atoms with Crippen molar-refractivity contribution in [2.75, 3.05) is 20.3 Å². The highest BCUT2D eigenvalue weighted by atomic mass is 32.2. The van der Waals surface area contributed by atoms with Gasteiger partial charge < -0.3 is 14.2 Å². The molecule has 0 aromatic heterocycles. The summed E-state index contributed by atoms with van der Waals surface area (Å²) in [5.74, 6) is 1.57. The maximum absolute atomic E-state index is 11.7. The molecule has 0 spiro atoms. The molecule has 2 aromatic carbocycles. The van der Waals surface area contributed by atoms with E-state index in [9.17, 15) is 9.59 Å². The molecule has 0 bridgehead atoms. The lowest BCUT2D eigenvalue weighted by Crippen LogP contribution is -2.17. The van der Waals surface area contributed by atoms with E-state index in [1.807, 2.05) is 32.0 Å². The van der Waals surface area contributed by atoms with Crippen LogP contribution in [0.15, 0.2) is 41.3 Å². The molecule has 1 saturated heterocycles. The molecule has 0 aliphatic carbocycles. The van der Waals surface area contributed by atoms with Gasteiger partial charge in [-0.1, -0.05) is 18.2 Å². The van der Waals surface area contributed by atoms with Crippen LogP contribution in [0.1, 0.15) is 16.7 Å². The first-order valence-corrected chi connectivity index (χ1v) is 9.53. The summed E-state index contributed by atoms with van der Waals surface area (Å²) < 4.78 is 16.9.